The Balaban J connectivity index is 2.91. The van der Waals surface area contributed by atoms with E-state index in [0.717, 1.165) is 5.56 Å². The first-order valence-corrected chi connectivity index (χ1v) is 3.90. The minimum atomic E-state index is -0.389. The summed E-state index contributed by atoms with van der Waals surface area (Å²) in [6, 6.07) is 9.41. The van der Waals surface area contributed by atoms with Crippen molar-refractivity contribution in [3.8, 4) is 6.07 Å². The maximum absolute atomic E-state index is 9.12. The molecule has 0 amide bonds. The highest BCUT2D eigenvalue weighted by Crippen LogP contribution is 2.09. The summed E-state index contributed by atoms with van der Waals surface area (Å²) in [5, 5.41) is 17.8. The molecule has 1 atom stereocenters. The third-order valence-electron chi connectivity index (χ3n) is 1.65. The molecule has 0 saturated carbocycles. The lowest BCUT2D eigenvalue weighted by atomic mass is 10.0. The van der Waals surface area contributed by atoms with Gasteiger partial charge in [0, 0.05) is 0 Å². The van der Waals surface area contributed by atoms with Crippen LogP contribution in [0.1, 0.15) is 18.1 Å². The molecule has 0 aromatic heterocycles. The quantitative estimate of drug-likeness (QED) is 0.714. The number of aliphatic hydroxyl groups is 1. The summed E-state index contributed by atoms with van der Waals surface area (Å²) in [7, 11) is 0. The predicted octanol–water partition coefficient (Wildman–Crippen LogP) is 1.48. The monoisotopic (exact) mass is 161 g/mol. The summed E-state index contributed by atoms with van der Waals surface area (Å²) < 4.78 is 0. The first-order valence-electron chi connectivity index (χ1n) is 3.90. The van der Waals surface area contributed by atoms with Gasteiger partial charge in [-0.1, -0.05) is 18.2 Å². The first-order chi connectivity index (χ1) is 5.74. The minimum absolute atomic E-state index is 0.389. The average Bonchev–Trinajstić information content (AvgIpc) is 2.04. The smallest absolute Gasteiger partial charge is 0.0994 e. The Morgan fingerprint density at radius 3 is 2.75 bits per heavy atom. The third-order valence-corrected chi connectivity index (χ3v) is 1.65. The van der Waals surface area contributed by atoms with Gasteiger partial charge in [0.05, 0.1) is 17.7 Å². The van der Waals surface area contributed by atoms with Crippen LogP contribution in [0.25, 0.3) is 0 Å². The molecular formula is C10H11NO. The van der Waals surface area contributed by atoms with E-state index in [4.69, 9.17) is 10.4 Å². The van der Waals surface area contributed by atoms with E-state index < -0.39 is 0 Å². The van der Waals surface area contributed by atoms with Crippen molar-refractivity contribution >= 4 is 0 Å². The SMILES string of the molecule is C[C@@H](O)Cc1ccccc1C#N. The molecule has 1 rings (SSSR count). The summed E-state index contributed by atoms with van der Waals surface area (Å²) in [4.78, 5) is 0. The first kappa shape index (κ1) is 8.76. The van der Waals surface area contributed by atoms with Crippen molar-refractivity contribution in [2.24, 2.45) is 0 Å². The molecule has 0 aliphatic carbocycles. The highest BCUT2D eigenvalue weighted by atomic mass is 16.3. The molecule has 0 spiro atoms. The van der Waals surface area contributed by atoms with Crippen molar-refractivity contribution in [3.63, 3.8) is 0 Å². The Morgan fingerprint density at radius 2 is 2.17 bits per heavy atom. The van der Waals surface area contributed by atoms with Crippen molar-refractivity contribution in [2.75, 3.05) is 0 Å². The molecule has 0 bridgehead atoms. The maximum atomic E-state index is 9.12. The average molecular weight is 161 g/mol. The van der Waals surface area contributed by atoms with E-state index in [1.165, 1.54) is 0 Å². The van der Waals surface area contributed by atoms with Crippen LogP contribution in [0.4, 0.5) is 0 Å². The van der Waals surface area contributed by atoms with Gasteiger partial charge in [0.15, 0.2) is 0 Å². The second-order valence-corrected chi connectivity index (χ2v) is 2.82. The van der Waals surface area contributed by atoms with Crippen molar-refractivity contribution < 1.29 is 5.11 Å². The van der Waals surface area contributed by atoms with Gasteiger partial charge in [0.2, 0.25) is 0 Å². The van der Waals surface area contributed by atoms with Gasteiger partial charge in [-0.15, -0.1) is 0 Å². The topological polar surface area (TPSA) is 44.0 Å². The van der Waals surface area contributed by atoms with E-state index in [1.54, 1.807) is 13.0 Å². The Kier molecular flexibility index (Phi) is 2.84. The molecule has 62 valence electrons. The lowest BCUT2D eigenvalue weighted by molar-refractivity contribution is 0.195. The summed E-state index contributed by atoms with van der Waals surface area (Å²) in [5.41, 5.74) is 1.56. The number of nitriles is 1. The number of rotatable bonds is 2. The molecule has 0 saturated heterocycles. The number of hydrogen-bond acceptors (Lipinski definition) is 2. The van der Waals surface area contributed by atoms with Crippen molar-refractivity contribution in [2.45, 2.75) is 19.4 Å². The Hall–Kier alpha value is -1.33. The Labute approximate surface area is 72.1 Å². The van der Waals surface area contributed by atoms with Gasteiger partial charge in [-0.25, -0.2) is 0 Å². The van der Waals surface area contributed by atoms with E-state index in [0.29, 0.717) is 12.0 Å². The second-order valence-electron chi connectivity index (χ2n) is 2.82. The zero-order valence-electron chi connectivity index (χ0n) is 6.99. The highest BCUT2D eigenvalue weighted by Gasteiger charge is 2.03. The number of aliphatic hydroxyl groups excluding tert-OH is 1. The molecule has 0 aliphatic rings. The van der Waals surface area contributed by atoms with Gasteiger partial charge in [-0.05, 0) is 25.0 Å². The number of nitrogens with zero attached hydrogens (tertiary/aromatic N) is 1. The molecule has 1 N–H and O–H groups in total. The van der Waals surface area contributed by atoms with Crippen LogP contribution >= 0.6 is 0 Å². The zero-order chi connectivity index (χ0) is 8.97. The van der Waals surface area contributed by atoms with E-state index in [1.807, 2.05) is 18.2 Å². The van der Waals surface area contributed by atoms with Crippen molar-refractivity contribution in [1.82, 2.24) is 0 Å². The summed E-state index contributed by atoms with van der Waals surface area (Å²) in [6.07, 6.45) is 0.156. The normalized spacial score (nSPS) is 12.1. The molecule has 1 aromatic carbocycles. The second kappa shape index (κ2) is 3.89. The Bertz CT molecular complexity index is 299. The van der Waals surface area contributed by atoms with Gasteiger partial charge >= 0.3 is 0 Å². The molecule has 1 aromatic rings. The van der Waals surface area contributed by atoms with E-state index >= 15 is 0 Å². The van der Waals surface area contributed by atoms with Gasteiger partial charge in [0.25, 0.3) is 0 Å². The van der Waals surface area contributed by atoms with Crippen LogP contribution in [0.3, 0.4) is 0 Å². The highest BCUT2D eigenvalue weighted by molar-refractivity contribution is 5.37. The molecule has 12 heavy (non-hydrogen) atoms. The van der Waals surface area contributed by atoms with E-state index in [2.05, 4.69) is 6.07 Å². The zero-order valence-corrected chi connectivity index (χ0v) is 6.99. The third kappa shape index (κ3) is 2.08. The standard InChI is InChI=1S/C10H11NO/c1-8(12)6-9-4-2-3-5-10(9)7-11/h2-5,8,12H,6H2,1H3/t8-/m1/s1. The van der Waals surface area contributed by atoms with Crippen LogP contribution in [0, 0.1) is 11.3 Å². The largest absolute Gasteiger partial charge is 0.393 e. The fourth-order valence-corrected chi connectivity index (χ4v) is 1.13. The molecule has 0 fully saturated rings. The molecule has 2 nitrogen and oxygen atoms in total. The molecular weight excluding hydrogens is 150 g/mol. The predicted molar refractivity (Wildman–Crippen MR) is 46.5 cm³/mol. The molecule has 0 radical (unpaired) electrons. The van der Waals surface area contributed by atoms with Gasteiger partial charge in [-0.3, -0.25) is 0 Å². The van der Waals surface area contributed by atoms with E-state index in [9.17, 15) is 0 Å². The summed E-state index contributed by atoms with van der Waals surface area (Å²) >= 11 is 0. The van der Waals surface area contributed by atoms with Crippen LogP contribution in [0.15, 0.2) is 24.3 Å². The molecule has 0 heterocycles. The minimum Gasteiger partial charge on any atom is -0.393 e. The van der Waals surface area contributed by atoms with Gasteiger partial charge < -0.3 is 5.11 Å². The van der Waals surface area contributed by atoms with Gasteiger partial charge in [0.1, 0.15) is 0 Å². The fraction of sp³-hybridized carbons (Fsp3) is 0.300. The fourth-order valence-electron chi connectivity index (χ4n) is 1.13. The van der Waals surface area contributed by atoms with Crippen LogP contribution in [-0.4, -0.2) is 11.2 Å². The van der Waals surface area contributed by atoms with Crippen LogP contribution in [-0.2, 0) is 6.42 Å². The summed E-state index contributed by atoms with van der Waals surface area (Å²) in [6.45, 7) is 1.72. The molecule has 2 heteroatoms. The van der Waals surface area contributed by atoms with Crippen LogP contribution in [0.5, 0.6) is 0 Å². The lowest BCUT2D eigenvalue weighted by Gasteiger charge is -2.04. The Morgan fingerprint density at radius 1 is 1.50 bits per heavy atom. The summed E-state index contributed by atoms with van der Waals surface area (Å²) in [5.74, 6) is 0. The van der Waals surface area contributed by atoms with Crippen LogP contribution < -0.4 is 0 Å². The van der Waals surface area contributed by atoms with E-state index in [-0.39, 0.29) is 6.10 Å². The number of benzene rings is 1. The number of hydrogen-bond donors (Lipinski definition) is 1. The molecule has 0 aliphatic heterocycles. The maximum Gasteiger partial charge on any atom is 0.0994 e. The van der Waals surface area contributed by atoms with Crippen LogP contribution in [0.2, 0.25) is 0 Å². The van der Waals surface area contributed by atoms with Gasteiger partial charge in [-0.2, -0.15) is 5.26 Å². The van der Waals surface area contributed by atoms with Crippen molar-refractivity contribution in [3.05, 3.63) is 35.4 Å². The van der Waals surface area contributed by atoms with Crippen molar-refractivity contribution in [1.29, 1.82) is 5.26 Å². The lowest BCUT2D eigenvalue weighted by Crippen LogP contribution is -2.05. The molecule has 0 unspecified atom stereocenters.